The molecule has 14 heavy (non-hydrogen) atoms. The molecule has 1 aliphatic rings. The Balaban J connectivity index is 2.53. The number of carbonyl (C=O) groups is 1. The largest absolute Gasteiger partial charge is 0.324 e. The lowest BCUT2D eigenvalue weighted by Crippen LogP contribution is -2.15. The molecule has 0 spiro atoms. The summed E-state index contributed by atoms with van der Waals surface area (Å²) in [6, 6.07) is 3.96. The summed E-state index contributed by atoms with van der Waals surface area (Å²) in [6.07, 6.45) is 3.33. The molecule has 2 heteroatoms. The number of fused-ring (bicyclic) bond motifs is 1. The molecule has 0 radical (unpaired) electrons. The molecule has 2 N–H and O–H groups in total. The molecule has 2 rings (SSSR count). The van der Waals surface area contributed by atoms with Gasteiger partial charge in [-0.3, -0.25) is 4.79 Å². The standard InChI is InChI=1S/C12H15NO/c1-8-5-6-11(12(14)7-13)10-4-2-3-9(8)10/h5-6H,2-4,7,13H2,1H3. The zero-order valence-electron chi connectivity index (χ0n) is 8.47. The molecule has 0 saturated carbocycles. The Hall–Kier alpha value is -1.15. The molecule has 1 aromatic rings. The molecule has 0 atom stereocenters. The number of nitrogens with two attached hydrogens (primary N) is 1. The third-order valence-electron chi connectivity index (χ3n) is 3.00. The van der Waals surface area contributed by atoms with Gasteiger partial charge in [-0.05, 0) is 42.9 Å². The van der Waals surface area contributed by atoms with Gasteiger partial charge in [-0.25, -0.2) is 0 Å². The van der Waals surface area contributed by atoms with Crippen molar-refractivity contribution in [2.75, 3.05) is 6.54 Å². The van der Waals surface area contributed by atoms with Crippen molar-refractivity contribution in [2.45, 2.75) is 26.2 Å². The minimum Gasteiger partial charge on any atom is -0.324 e. The van der Waals surface area contributed by atoms with Crippen molar-refractivity contribution in [3.05, 3.63) is 34.4 Å². The fraction of sp³-hybridized carbons (Fsp3) is 0.417. The van der Waals surface area contributed by atoms with Gasteiger partial charge in [0.05, 0.1) is 6.54 Å². The lowest BCUT2D eigenvalue weighted by atomic mass is 9.96. The van der Waals surface area contributed by atoms with Crippen LogP contribution in [0.25, 0.3) is 0 Å². The van der Waals surface area contributed by atoms with Gasteiger partial charge in [-0.15, -0.1) is 0 Å². The summed E-state index contributed by atoms with van der Waals surface area (Å²) in [6.45, 7) is 2.23. The second-order valence-electron chi connectivity index (χ2n) is 3.87. The number of rotatable bonds is 2. The normalized spacial score (nSPS) is 14.1. The fourth-order valence-electron chi connectivity index (χ4n) is 2.26. The summed E-state index contributed by atoms with van der Waals surface area (Å²) in [5, 5.41) is 0. The minimum atomic E-state index is 0.0724. The molecule has 0 heterocycles. The monoisotopic (exact) mass is 189 g/mol. The second-order valence-corrected chi connectivity index (χ2v) is 3.87. The molecular weight excluding hydrogens is 174 g/mol. The Morgan fingerprint density at radius 3 is 2.79 bits per heavy atom. The first-order valence-corrected chi connectivity index (χ1v) is 5.08. The van der Waals surface area contributed by atoms with Crippen LogP contribution < -0.4 is 5.73 Å². The number of benzene rings is 1. The average molecular weight is 189 g/mol. The van der Waals surface area contributed by atoms with Crippen LogP contribution >= 0.6 is 0 Å². The van der Waals surface area contributed by atoms with Crippen molar-refractivity contribution in [3.8, 4) is 0 Å². The highest BCUT2D eigenvalue weighted by molar-refractivity contribution is 5.99. The SMILES string of the molecule is Cc1ccc(C(=O)CN)c2c1CCC2. The van der Waals surface area contributed by atoms with E-state index in [1.165, 1.54) is 23.1 Å². The van der Waals surface area contributed by atoms with Gasteiger partial charge in [0.15, 0.2) is 5.78 Å². The smallest absolute Gasteiger partial charge is 0.176 e. The van der Waals surface area contributed by atoms with Gasteiger partial charge in [0.1, 0.15) is 0 Å². The zero-order valence-corrected chi connectivity index (χ0v) is 8.47. The highest BCUT2D eigenvalue weighted by Crippen LogP contribution is 2.28. The van der Waals surface area contributed by atoms with E-state index in [0.717, 1.165) is 18.4 Å². The average Bonchev–Trinajstić information content (AvgIpc) is 2.67. The first-order chi connectivity index (χ1) is 6.74. The summed E-state index contributed by atoms with van der Waals surface area (Å²) in [5.41, 5.74) is 10.2. The van der Waals surface area contributed by atoms with Gasteiger partial charge in [-0.2, -0.15) is 0 Å². The van der Waals surface area contributed by atoms with Crippen LogP contribution in [0.1, 0.15) is 33.5 Å². The molecule has 0 saturated heterocycles. The third kappa shape index (κ3) is 1.36. The Morgan fingerprint density at radius 1 is 1.36 bits per heavy atom. The summed E-state index contributed by atoms with van der Waals surface area (Å²) in [7, 11) is 0. The van der Waals surface area contributed by atoms with E-state index in [4.69, 9.17) is 5.73 Å². The van der Waals surface area contributed by atoms with E-state index in [0.29, 0.717) is 0 Å². The van der Waals surface area contributed by atoms with Gasteiger partial charge in [0, 0.05) is 5.56 Å². The topological polar surface area (TPSA) is 43.1 Å². The number of hydrogen-bond donors (Lipinski definition) is 1. The van der Waals surface area contributed by atoms with Crippen molar-refractivity contribution in [2.24, 2.45) is 5.73 Å². The highest BCUT2D eigenvalue weighted by atomic mass is 16.1. The van der Waals surface area contributed by atoms with Crippen LogP contribution in [-0.2, 0) is 12.8 Å². The zero-order chi connectivity index (χ0) is 10.1. The fourth-order valence-corrected chi connectivity index (χ4v) is 2.26. The van der Waals surface area contributed by atoms with Crippen molar-refractivity contribution < 1.29 is 4.79 Å². The van der Waals surface area contributed by atoms with Crippen LogP contribution in [0.3, 0.4) is 0 Å². The van der Waals surface area contributed by atoms with E-state index >= 15 is 0 Å². The van der Waals surface area contributed by atoms with E-state index in [9.17, 15) is 4.79 Å². The molecule has 1 aliphatic carbocycles. The summed E-state index contributed by atoms with van der Waals surface area (Å²) >= 11 is 0. The van der Waals surface area contributed by atoms with Crippen LogP contribution in [0.2, 0.25) is 0 Å². The molecule has 0 fully saturated rings. The molecular formula is C12H15NO. The first kappa shape index (κ1) is 9.41. The Labute approximate surface area is 84.1 Å². The van der Waals surface area contributed by atoms with E-state index < -0.39 is 0 Å². The molecule has 0 aromatic heterocycles. The predicted molar refractivity (Wildman–Crippen MR) is 56.6 cm³/mol. The maximum atomic E-state index is 11.6. The third-order valence-corrected chi connectivity index (χ3v) is 3.00. The quantitative estimate of drug-likeness (QED) is 0.718. The van der Waals surface area contributed by atoms with Crippen molar-refractivity contribution in [1.29, 1.82) is 0 Å². The molecule has 74 valence electrons. The van der Waals surface area contributed by atoms with Crippen LogP contribution in [0.4, 0.5) is 0 Å². The Bertz CT molecular complexity index is 382. The molecule has 2 nitrogen and oxygen atoms in total. The Kier molecular flexibility index (Phi) is 2.38. The van der Waals surface area contributed by atoms with E-state index in [2.05, 4.69) is 6.92 Å². The van der Waals surface area contributed by atoms with Crippen LogP contribution in [0.15, 0.2) is 12.1 Å². The molecule has 1 aromatic carbocycles. The minimum absolute atomic E-state index is 0.0724. The van der Waals surface area contributed by atoms with Gasteiger partial charge >= 0.3 is 0 Å². The van der Waals surface area contributed by atoms with Gasteiger partial charge in [-0.1, -0.05) is 12.1 Å². The van der Waals surface area contributed by atoms with E-state index in [1.807, 2.05) is 12.1 Å². The van der Waals surface area contributed by atoms with Gasteiger partial charge < -0.3 is 5.73 Å². The lowest BCUT2D eigenvalue weighted by molar-refractivity contribution is 0.100. The maximum Gasteiger partial charge on any atom is 0.176 e. The van der Waals surface area contributed by atoms with Crippen molar-refractivity contribution in [1.82, 2.24) is 0 Å². The number of Topliss-reactive ketones (excluding diaryl/α,β-unsaturated/α-hetero) is 1. The molecule has 0 bridgehead atoms. The predicted octanol–water partition coefficient (Wildman–Crippen LogP) is 1.63. The number of carbonyl (C=O) groups excluding carboxylic acids is 1. The second kappa shape index (κ2) is 3.54. The maximum absolute atomic E-state index is 11.6. The number of hydrogen-bond acceptors (Lipinski definition) is 2. The lowest BCUT2D eigenvalue weighted by Gasteiger charge is -2.08. The number of ketones is 1. The van der Waals surface area contributed by atoms with Crippen LogP contribution in [-0.4, -0.2) is 12.3 Å². The molecule has 0 aliphatic heterocycles. The van der Waals surface area contributed by atoms with Crippen LogP contribution in [0.5, 0.6) is 0 Å². The van der Waals surface area contributed by atoms with E-state index in [-0.39, 0.29) is 12.3 Å². The summed E-state index contributed by atoms with van der Waals surface area (Å²) in [5.74, 6) is 0.0724. The number of aryl methyl sites for hydroxylation is 1. The van der Waals surface area contributed by atoms with Crippen LogP contribution in [0, 0.1) is 6.92 Å². The van der Waals surface area contributed by atoms with Gasteiger partial charge in [0.25, 0.3) is 0 Å². The Morgan fingerprint density at radius 2 is 2.07 bits per heavy atom. The summed E-state index contributed by atoms with van der Waals surface area (Å²) in [4.78, 5) is 11.6. The summed E-state index contributed by atoms with van der Waals surface area (Å²) < 4.78 is 0. The highest BCUT2D eigenvalue weighted by Gasteiger charge is 2.19. The first-order valence-electron chi connectivity index (χ1n) is 5.08. The molecule has 0 unspecified atom stereocenters. The molecule has 0 amide bonds. The van der Waals surface area contributed by atoms with Crippen molar-refractivity contribution >= 4 is 5.78 Å². The van der Waals surface area contributed by atoms with E-state index in [1.54, 1.807) is 0 Å². The van der Waals surface area contributed by atoms with Crippen molar-refractivity contribution in [3.63, 3.8) is 0 Å². The van der Waals surface area contributed by atoms with Gasteiger partial charge in [0.2, 0.25) is 0 Å².